The molecule has 1 aliphatic rings. The molecule has 2 rings (SSSR count). The summed E-state index contributed by atoms with van der Waals surface area (Å²) in [4.78, 5) is 16.8. The Bertz CT molecular complexity index is 460. The number of nitrogen functional groups attached to an aromatic ring is 1. The molecule has 112 valence electrons. The van der Waals surface area contributed by atoms with Crippen LogP contribution in [0.1, 0.15) is 26.2 Å². The van der Waals surface area contributed by atoms with E-state index in [2.05, 4.69) is 33.9 Å². The number of aromatic nitrogens is 3. The van der Waals surface area contributed by atoms with Crippen molar-refractivity contribution in [2.75, 3.05) is 44.9 Å². The molecule has 0 amide bonds. The lowest BCUT2D eigenvalue weighted by molar-refractivity contribution is 0.0680. The summed E-state index contributed by atoms with van der Waals surface area (Å²) in [5, 5.41) is 0. The molecule has 0 aromatic carbocycles. The molecule has 0 bridgehead atoms. The van der Waals surface area contributed by atoms with Crippen LogP contribution in [0, 0.1) is 0 Å². The van der Waals surface area contributed by atoms with Crippen molar-refractivity contribution >= 4 is 11.9 Å². The molecule has 2 N–H and O–H groups in total. The molecule has 0 unspecified atom stereocenters. The monoisotopic (exact) mass is 280 g/mol. The van der Waals surface area contributed by atoms with Crippen LogP contribution in [0.25, 0.3) is 0 Å². The average molecular weight is 280 g/mol. The van der Waals surface area contributed by atoms with Gasteiger partial charge in [-0.1, -0.05) is 0 Å². The van der Waals surface area contributed by atoms with E-state index in [-0.39, 0.29) is 17.5 Å². The van der Waals surface area contributed by atoms with Crippen LogP contribution in [-0.2, 0) is 0 Å². The summed E-state index contributed by atoms with van der Waals surface area (Å²) < 4.78 is 5.32. The summed E-state index contributed by atoms with van der Waals surface area (Å²) >= 11 is 0. The van der Waals surface area contributed by atoms with Crippen molar-refractivity contribution in [2.45, 2.75) is 31.7 Å². The second kappa shape index (κ2) is 5.78. The lowest BCUT2D eigenvalue weighted by Gasteiger charge is -2.49. The van der Waals surface area contributed by atoms with Crippen molar-refractivity contribution in [1.82, 2.24) is 19.9 Å². The fourth-order valence-corrected chi connectivity index (χ4v) is 2.57. The van der Waals surface area contributed by atoms with Crippen LogP contribution >= 0.6 is 0 Å². The first-order valence-electron chi connectivity index (χ1n) is 7.00. The molecule has 0 aliphatic heterocycles. The summed E-state index contributed by atoms with van der Waals surface area (Å²) in [7, 11) is 6.23. The van der Waals surface area contributed by atoms with E-state index in [1.165, 1.54) is 19.3 Å². The lowest BCUT2D eigenvalue weighted by Crippen LogP contribution is -2.57. The third-order valence-corrected chi connectivity index (χ3v) is 4.00. The molecule has 0 atom stereocenters. The van der Waals surface area contributed by atoms with E-state index in [1.54, 1.807) is 0 Å². The fourth-order valence-electron chi connectivity index (χ4n) is 2.57. The third kappa shape index (κ3) is 2.92. The maximum atomic E-state index is 5.72. The molecule has 0 spiro atoms. The quantitative estimate of drug-likeness (QED) is 0.824. The standard InChI is InChI=1S/C13H24N6O/c1-5-20-12-16-10(14)15-11(17-12)19(4)9-13(18(2)3)7-6-8-13/h5-9H2,1-4H3,(H2,14,15,16,17). The second-order valence-electron chi connectivity index (χ2n) is 5.54. The predicted molar refractivity (Wildman–Crippen MR) is 78.9 cm³/mol. The number of hydrogen-bond donors (Lipinski definition) is 1. The second-order valence-corrected chi connectivity index (χ2v) is 5.54. The van der Waals surface area contributed by atoms with Crippen LogP contribution in [0.4, 0.5) is 11.9 Å². The van der Waals surface area contributed by atoms with Gasteiger partial charge in [0.15, 0.2) is 0 Å². The average Bonchev–Trinajstić information content (AvgIpc) is 2.32. The molecule has 7 nitrogen and oxygen atoms in total. The SMILES string of the molecule is CCOc1nc(N)nc(N(C)CC2(N(C)C)CCC2)n1. The summed E-state index contributed by atoms with van der Waals surface area (Å²) in [6.07, 6.45) is 3.67. The number of hydrogen-bond acceptors (Lipinski definition) is 7. The van der Waals surface area contributed by atoms with Crippen LogP contribution in [0.2, 0.25) is 0 Å². The molecule has 1 saturated carbocycles. The molecule has 1 fully saturated rings. The molecule has 1 aliphatic carbocycles. The molecule has 0 saturated heterocycles. The maximum absolute atomic E-state index is 5.72. The highest BCUT2D eigenvalue weighted by Crippen LogP contribution is 2.37. The van der Waals surface area contributed by atoms with Crippen molar-refractivity contribution in [2.24, 2.45) is 0 Å². The number of nitrogens with zero attached hydrogens (tertiary/aromatic N) is 5. The molecule has 7 heteroatoms. The fraction of sp³-hybridized carbons (Fsp3) is 0.769. The van der Waals surface area contributed by atoms with Crippen LogP contribution < -0.4 is 15.4 Å². The van der Waals surface area contributed by atoms with Gasteiger partial charge in [-0.25, -0.2) is 0 Å². The van der Waals surface area contributed by atoms with Gasteiger partial charge in [-0.2, -0.15) is 15.0 Å². The molecule has 1 aromatic heterocycles. The normalized spacial score (nSPS) is 16.9. The first kappa shape index (κ1) is 14.8. The first-order valence-corrected chi connectivity index (χ1v) is 7.00. The van der Waals surface area contributed by atoms with Gasteiger partial charge >= 0.3 is 6.01 Å². The Balaban J connectivity index is 2.14. The lowest BCUT2D eigenvalue weighted by atomic mass is 9.75. The molecule has 20 heavy (non-hydrogen) atoms. The highest BCUT2D eigenvalue weighted by Gasteiger charge is 2.40. The van der Waals surface area contributed by atoms with Gasteiger partial charge in [0.25, 0.3) is 0 Å². The Morgan fingerprint density at radius 3 is 2.40 bits per heavy atom. The summed E-state index contributed by atoms with van der Waals surface area (Å²) in [6, 6.07) is 0.286. The van der Waals surface area contributed by atoms with E-state index in [4.69, 9.17) is 10.5 Å². The predicted octanol–water partition coefficient (Wildman–Crippen LogP) is 0.773. The van der Waals surface area contributed by atoms with Crippen LogP contribution in [0.3, 0.4) is 0 Å². The largest absolute Gasteiger partial charge is 0.464 e. The molecular weight excluding hydrogens is 256 g/mol. The van der Waals surface area contributed by atoms with Gasteiger partial charge in [-0.3, -0.25) is 0 Å². The molecular formula is C13H24N6O. The maximum Gasteiger partial charge on any atom is 0.323 e. The first-order chi connectivity index (χ1) is 9.47. The van der Waals surface area contributed by atoms with Crippen LogP contribution in [0.5, 0.6) is 6.01 Å². The molecule has 0 radical (unpaired) electrons. The minimum Gasteiger partial charge on any atom is -0.464 e. The van der Waals surface area contributed by atoms with Crippen molar-refractivity contribution in [3.05, 3.63) is 0 Å². The highest BCUT2D eigenvalue weighted by atomic mass is 16.5. The zero-order chi connectivity index (χ0) is 14.8. The van der Waals surface area contributed by atoms with E-state index < -0.39 is 0 Å². The summed E-state index contributed by atoms with van der Waals surface area (Å²) in [6.45, 7) is 3.27. The molecule has 1 aromatic rings. The van der Waals surface area contributed by atoms with E-state index >= 15 is 0 Å². The van der Waals surface area contributed by atoms with Gasteiger partial charge < -0.3 is 20.3 Å². The van der Waals surface area contributed by atoms with Gasteiger partial charge in [0.2, 0.25) is 11.9 Å². The number of anilines is 2. The summed E-state index contributed by atoms with van der Waals surface area (Å²) in [5.74, 6) is 0.756. The van der Waals surface area contributed by atoms with Crippen molar-refractivity contribution in [3.8, 4) is 6.01 Å². The Labute approximate surface area is 120 Å². The Hall–Kier alpha value is -1.63. The third-order valence-electron chi connectivity index (χ3n) is 4.00. The Kier molecular flexibility index (Phi) is 4.27. The van der Waals surface area contributed by atoms with Crippen LogP contribution in [0.15, 0.2) is 0 Å². The topological polar surface area (TPSA) is 80.4 Å². The van der Waals surface area contributed by atoms with E-state index in [9.17, 15) is 0 Å². The van der Waals surface area contributed by atoms with Crippen molar-refractivity contribution < 1.29 is 4.74 Å². The van der Waals surface area contributed by atoms with Gasteiger partial charge in [0.1, 0.15) is 0 Å². The smallest absolute Gasteiger partial charge is 0.323 e. The summed E-state index contributed by atoms with van der Waals surface area (Å²) in [5.41, 5.74) is 5.93. The number of likely N-dealkylation sites (N-methyl/N-ethyl adjacent to an activating group) is 2. The van der Waals surface area contributed by atoms with Gasteiger partial charge in [-0.15, -0.1) is 0 Å². The van der Waals surface area contributed by atoms with Crippen molar-refractivity contribution in [3.63, 3.8) is 0 Å². The number of nitrogens with two attached hydrogens (primary N) is 1. The van der Waals surface area contributed by atoms with E-state index in [1.807, 2.05) is 18.9 Å². The zero-order valence-electron chi connectivity index (χ0n) is 12.8. The number of ether oxygens (including phenoxy) is 1. The van der Waals surface area contributed by atoms with Crippen LogP contribution in [-0.4, -0.2) is 59.7 Å². The van der Waals surface area contributed by atoms with Gasteiger partial charge in [0, 0.05) is 19.1 Å². The van der Waals surface area contributed by atoms with E-state index in [0.29, 0.717) is 12.6 Å². The Morgan fingerprint density at radius 1 is 1.20 bits per heavy atom. The Morgan fingerprint density at radius 2 is 1.90 bits per heavy atom. The minimum absolute atomic E-state index is 0.192. The van der Waals surface area contributed by atoms with Gasteiger partial charge in [-0.05, 0) is 40.3 Å². The molecule has 1 heterocycles. The van der Waals surface area contributed by atoms with E-state index in [0.717, 1.165) is 6.54 Å². The minimum atomic E-state index is 0.192. The number of rotatable bonds is 6. The zero-order valence-corrected chi connectivity index (χ0v) is 12.8. The highest BCUT2D eigenvalue weighted by molar-refractivity contribution is 5.36. The van der Waals surface area contributed by atoms with Gasteiger partial charge in [0.05, 0.1) is 6.61 Å². The van der Waals surface area contributed by atoms with Crippen molar-refractivity contribution in [1.29, 1.82) is 0 Å².